The van der Waals surface area contributed by atoms with Gasteiger partial charge in [0.25, 0.3) is 5.91 Å². The van der Waals surface area contributed by atoms with Gasteiger partial charge in [0.2, 0.25) is 10.0 Å². The predicted molar refractivity (Wildman–Crippen MR) is 108 cm³/mol. The van der Waals surface area contributed by atoms with Gasteiger partial charge in [0.1, 0.15) is 0 Å². The van der Waals surface area contributed by atoms with Gasteiger partial charge in [0.05, 0.1) is 11.2 Å². The molecule has 1 N–H and O–H groups in total. The molecule has 1 amide bonds. The molecule has 1 aliphatic rings. The molecule has 2 aromatic rings. The van der Waals surface area contributed by atoms with Gasteiger partial charge in [0.15, 0.2) is 5.76 Å². The molecule has 28 heavy (non-hydrogen) atoms. The number of benzene rings is 1. The van der Waals surface area contributed by atoms with Crippen LogP contribution in [0.1, 0.15) is 36.7 Å². The number of sulfonamides is 1. The van der Waals surface area contributed by atoms with Gasteiger partial charge in [-0.1, -0.05) is 6.92 Å². The van der Waals surface area contributed by atoms with Gasteiger partial charge < -0.3 is 14.6 Å². The Kier molecular flexibility index (Phi) is 6.53. The molecule has 1 aromatic heterocycles. The van der Waals surface area contributed by atoms with Crippen LogP contribution in [0.3, 0.4) is 0 Å². The van der Waals surface area contributed by atoms with Crippen molar-refractivity contribution in [2.24, 2.45) is 0 Å². The highest BCUT2D eigenvalue weighted by Crippen LogP contribution is 2.25. The average Bonchev–Trinajstić information content (AvgIpc) is 3.22. The molecular formula is C20H27N3O4S. The number of nitrogens with zero attached hydrogens (tertiary/aromatic N) is 2. The van der Waals surface area contributed by atoms with E-state index in [1.165, 1.54) is 6.26 Å². The van der Waals surface area contributed by atoms with Crippen molar-refractivity contribution < 1.29 is 17.6 Å². The zero-order valence-corrected chi connectivity index (χ0v) is 17.1. The van der Waals surface area contributed by atoms with Crippen LogP contribution in [0, 0.1) is 0 Å². The van der Waals surface area contributed by atoms with Crippen LogP contribution in [0.5, 0.6) is 0 Å². The van der Waals surface area contributed by atoms with Crippen LogP contribution in [0.15, 0.2) is 52.0 Å². The quantitative estimate of drug-likeness (QED) is 0.766. The maximum atomic E-state index is 13.2. The number of anilines is 1. The zero-order valence-electron chi connectivity index (χ0n) is 16.3. The van der Waals surface area contributed by atoms with Crippen LogP contribution in [0.4, 0.5) is 5.69 Å². The van der Waals surface area contributed by atoms with E-state index in [9.17, 15) is 13.2 Å². The summed E-state index contributed by atoms with van der Waals surface area (Å²) >= 11 is 0. The van der Waals surface area contributed by atoms with Crippen LogP contribution < -0.4 is 5.32 Å². The Morgan fingerprint density at radius 2 is 1.89 bits per heavy atom. The highest BCUT2D eigenvalue weighted by atomic mass is 32.2. The Morgan fingerprint density at radius 1 is 1.21 bits per heavy atom. The summed E-state index contributed by atoms with van der Waals surface area (Å²) in [6, 6.07) is 9.53. The molecule has 7 nitrogen and oxygen atoms in total. The molecule has 0 spiro atoms. The normalized spacial score (nSPS) is 16.4. The van der Waals surface area contributed by atoms with Crippen LogP contribution in [-0.2, 0) is 10.0 Å². The fourth-order valence-corrected chi connectivity index (χ4v) is 5.23. The zero-order chi connectivity index (χ0) is 20.1. The summed E-state index contributed by atoms with van der Waals surface area (Å²) in [7, 11) is -1.53. The molecule has 0 saturated carbocycles. The molecule has 0 atom stereocenters. The monoisotopic (exact) mass is 405 g/mol. The summed E-state index contributed by atoms with van der Waals surface area (Å²) < 4.78 is 33.2. The van der Waals surface area contributed by atoms with Crippen LogP contribution in [-0.4, -0.2) is 56.3 Å². The van der Waals surface area contributed by atoms with Crippen molar-refractivity contribution in [2.45, 2.75) is 37.1 Å². The van der Waals surface area contributed by atoms with E-state index in [1.807, 2.05) is 6.92 Å². The Morgan fingerprint density at radius 3 is 2.46 bits per heavy atom. The summed E-state index contributed by atoms with van der Waals surface area (Å²) in [5, 5.41) is 2.70. The first-order chi connectivity index (χ1) is 13.4. The summed E-state index contributed by atoms with van der Waals surface area (Å²) in [5.74, 6) is -0.173. The second kappa shape index (κ2) is 8.89. The van der Waals surface area contributed by atoms with Crippen molar-refractivity contribution in [3.8, 4) is 0 Å². The summed E-state index contributed by atoms with van der Waals surface area (Å²) in [5.41, 5.74) is 0.515. The summed E-state index contributed by atoms with van der Waals surface area (Å²) in [4.78, 5) is 14.5. The SMILES string of the molecule is CCCN(C1CCN(C)CC1)S(=O)(=O)c1ccc(NC(=O)c2ccco2)cc1. The minimum atomic E-state index is -3.59. The third kappa shape index (κ3) is 4.63. The Balaban J connectivity index is 1.75. The maximum absolute atomic E-state index is 13.2. The van der Waals surface area contributed by atoms with Gasteiger partial charge in [-0.05, 0) is 75.8 Å². The van der Waals surface area contributed by atoms with E-state index < -0.39 is 10.0 Å². The molecular weight excluding hydrogens is 378 g/mol. The molecule has 2 heterocycles. The summed E-state index contributed by atoms with van der Waals surface area (Å²) in [6.45, 7) is 4.30. The van der Waals surface area contributed by atoms with Crippen molar-refractivity contribution in [3.63, 3.8) is 0 Å². The number of nitrogens with one attached hydrogen (secondary N) is 1. The maximum Gasteiger partial charge on any atom is 0.291 e. The first-order valence-corrected chi connectivity index (χ1v) is 11.0. The number of likely N-dealkylation sites (tertiary alicyclic amines) is 1. The second-order valence-electron chi connectivity index (χ2n) is 7.11. The summed E-state index contributed by atoms with van der Waals surface area (Å²) in [6.07, 6.45) is 3.87. The molecule has 0 unspecified atom stereocenters. The van der Waals surface area contributed by atoms with Gasteiger partial charge >= 0.3 is 0 Å². The number of rotatable bonds is 7. The number of carbonyl (C=O) groups excluding carboxylic acids is 1. The second-order valence-corrected chi connectivity index (χ2v) is 9.00. The molecule has 0 radical (unpaired) electrons. The minimum Gasteiger partial charge on any atom is -0.459 e. The molecule has 1 aromatic carbocycles. The van der Waals surface area contributed by atoms with E-state index in [2.05, 4.69) is 17.3 Å². The van der Waals surface area contributed by atoms with E-state index in [-0.39, 0.29) is 22.6 Å². The van der Waals surface area contributed by atoms with Crippen molar-refractivity contribution in [1.82, 2.24) is 9.21 Å². The van der Waals surface area contributed by atoms with Crippen LogP contribution in [0.2, 0.25) is 0 Å². The largest absolute Gasteiger partial charge is 0.459 e. The lowest BCUT2D eigenvalue weighted by atomic mass is 10.1. The smallest absolute Gasteiger partial charge is 0.291 e. The van der Waals surface area contributed by atoms with Gasteiger partial charge in [-0.3, -0.25) is 4.79 Å². The molecule has 152 valence electrons. The van der Waals surface area contributed by atoms with Crippen molar-refractivity contribution in [1.29, 1.82) is 0 Å². The molecule has 3 rings (SSSR count). The van der Waals surface area contributed by atoms with Crippen molar-refractivity contribution in [3.05, 3.63) is 48.4 Å². The van der Waals surface area contributed by atoms with E-state index in [0.29, 0.717) is 12.2 Å². The number of hydrogen-bond acceptors (Lipinski definition) is 5. The lowest BCUT2D eigenvalue weighted by Gasteiger charge is -2.36. The lowest BCUT2D eigenvalue weighted by molar-refractivity contribution is 0.0996. The minimum absolute atomic E-state index is 0.0273. The van der Waals surface area contributed by atoms with E-state index >= 15 is 0 Å². The Labute approximate surface area is 166 Å². The molecule has 1 fully saturated rings. The van der Waals surface area contributed by atoms with E-state index in [0.717, 1.165) is 32.4 Å². The van der Waals surface area contributed by atoms with Gasteiger partial charge in [-0.2, -0.15) is 4.31 Å². The number of amides is 1. The average molecular weight is 406 g/mol. The molecule has 0 aliphatic carbocycles. The third-order valence-corrected chi connectivity index (χ3v) is 6.97. The standard InChI is InChI=1S/C20H27N3O4S/c1-3-12-23(17-10-13-22(2)14-11-17)28(25,26)18-8-6-16(7-9-18)21-20(24)19-5-4-15-27-19/h4-9,15,17H,3,10-14H2,1-2H3,(H,21,24). The first kappa shape index (κ1) is 20.6. The highest BCUT2D eigenvalue weighted by molar-refractivity contribution is 7.89. The first-order valence-electron chi connectivity index (χ1n) is 9.57. The Bertz CT molecular complexity index is 871. The van der Waals surface area contributed by atoms with Crippen molar-refractivity contribution >= 4 is 21.6 Å². The van der Waals surface area contributed by atoms with Gasteiger partial charge in [-0.25, -0.2) is 8.42 Å². The molecule has 1 aliphatic heterocycles. The number of piperidine rings is 1. The molecule has 0 bridgehead atoms. The number of carbonyl (C=O) groups is 1. The van der Waals surface area contributed by atoms with Crippen LogP contribution in [0.25, 0.3) is 0 Å². The predicted octanol–water partition coefficient (Wildman–Crippen LogP) is 3.03. The Hall–Kier alpha value is -2.16. The third-order valence-electron chi connectivity index (χ3n) is 5.00. The lowest BCUT2D eigenvalue weighted by Crippen LogP contribution is -2.46. The van der Waals surface area contributed by atoms with Gasteiger partial charge in [0, 0.05) is 18.3 Å². The van der Waals surface area contributed by atoms with Crippen molar-refractivity contribution in [2.75, 3.05) is 32.0 Å². The number of furan rings is 1. The number of hydrogen-bond donors (Lipinski definition) is 1. The van der Waals surface area contributed by atoms with E-state index in [4.69, 9.17) is 4.42 Å². The topological polar surface area (TPSA) is 82.9 Å². The van der Waals surface area contributed by atoms with Gasteiger partial charge in [-0.15, -0.1) is 0 Å². The molecule has 1 saturated heterocycles. The molecule has 8 heteroatoms. The fourth-order valence-electron chi connectivity index (χ4n) is 3.45. The fraction of sp³-hybridized carbons (Fsp3) is 0.450. The van der Waals surface area contributed by atoms with E-state index in [1.54, 1.807) is 40.7 Å². The highest BCUT2D eigenvalue weighted by Gasteiger charge is 2.32. The van der Waals surface area contributed by atoms with Crippen LogP contribution >= 0.6 is 0 Å².